The van der Waals surface area contributed by atoms with Crippen LogP contribution < -0.4 is 4.90 Å². The van der Waals surface area contributed by atoms with E-state index in [-0.39, 0.29) is 0 Å². The van der Waals surface area contributed by atoms with E-state index in [0.717, 1.165) is 6.42 Å². The Balaban J connectivity index is 2.27. The van der Waals surface area contributed by atoms with Crippen LogP contribution in [-0.2, 0) is 6.42 Å². The summed E-state index contributed by atoms with van der Waals surface area (Å²) in [6.07, 6.45) is 6.23. The number of benzene rings is 1. The van der Waals surface area contributed by atoms with Crippen molar-refractivity contribution in [2.24, 2.45) is 4.99 Å². The van der Waals surface area contributed by atoms with Gasteiger partial charge in [-0.05, 0) is 11.6 Å². The Morgan fingerprint density at radius 2 is 2.20 bits per heavy atom. The first kappa shape index (κ1) is 9.71. The van der Waals surface area contributed by atoms with E-state index in [1.54, 1.807) is 12.3 Å². The molecule has 2 heteroatoms. The highest BCUT2D eigenvalue weighted by Gasteiger charge is 2.19. The first-order chi connectivity index (χ1) is 7.33. The molecule has 15 heavy (non-hydrogen) atoms. The van der Waals surface area contributed by atoms with Gasteiger partial charge in [0.2, 0.25) is 0 Å². The highest BCUT2D eigenvalue weighted by molar-refractivity contribution is 5.71. The number of fused-ring (bicyclic) bond motifs is 1. The monoisotopic (exact) mass is 198 g/mol. The summed E-state index contributed by atoms with van der Waals surface area (Å²) in [7, 11) is 2.07. The van der Waals surface area contributed by atoms with Gasteiger partial charge in [0.05, 0.1) is 0 Å². The standard InChI is InChI=1S/C13H14N2/c1-3-8-14-10-12-9-11-6-4-5-7-13(11)15(12)2/h3-8,10H,1,9H2,2H3. The van der Waals surface area contributed by atoms with Crippen LogP contribution in [0.25, 0.3) is 0 Å². The SMILES string of the molecule is C=CC=NC=C1Cc2ccccc2N1C. The number of para-hydroxylation sites is 1. The van der Waals surface area contributed by atoms with Crippen LogP contribution in [0.3, 0.4) is 0 Å². The molecule has 2 nitrogen and oxygen atoms in total. The predicted octanol–water partition coefficient (Wildman–Crippen LogP) is 2.78. The van der Waals surface area contributed by atoms with Crippen LogP contribution in [0.1, 0.15) is 5.56 Å². The number of hydrogen-bond donors (Lipinski definition) is 0. The van der Waals surface area contributed by atoms with Gasteiger partial charge in [0.1, 0.15) is 0 Å². The predicted molar refractivity (Wildman–Crippen MR) is 65.3 cm³/mol. The van der Waals surface area contributed by atoms with E-state index < -0.39 is 0 Å². The molecule has 0 unspecified atom stereocenters. The Morgan fingerprint density at radius 3 is 2.93 bits per heavy atom. The van der Waals surface area contributed by atoms with Crippen LogP contribution in [0.15, 0.2) is 53.8 Å². The molecule has 0 spiro atoms. The van der Waals surface area contributed by atoms with Gasteiger partial charge in [-0.15, -0.1) is 0 Å². The molecule has 1 aromatic carbocycles. The molecular formula is C13H14N2. The van der Waals surface area contributed by atoms with Crippen molar-refractivity contribution in [3.05, 3.63) is 54.4 Å². The first-order valence-corrected chi connectivity index (χ1v) is 4.98. The van der Waals surface area contributed by atoms with Crippen molar-refractivity contribution in [3.8, 4) is 0 Å². The third kappa shape index (κ3) is 1.84. The summed E-state index contributed by atoms with van der Waals surface area (Å²) in [5, 5.41) is 0. The van der Waals surface area contributed by atoms with Gasteiger partial charge >= 0.3 is 0 Å². The molecule has 0 saturated carbocycles. The van der Waals surface area contributed by atoms with E-state index in [1.807, 2.05) is 6.20 Å². The van der Waals surface area contributed by atoms with Crippen LogP contribution in [0.2, 0.25) is 0 Å². The zero-order valence-electron chi connectivity index (χ0n) is 8.85. The Kier molecular flexibility index (Phi) is 2.68. The molecule has 0 fully saturated rings. The van der Waals surface area contributed by atoms with Gasteiger partial charge in [0.15, 0.2) is 0 Å². The topological polar surface area (TPSA) is 15.6 Å². The number of likely N-dealkylation sites (N-methyl/N-ethyl adjacent to an activating group) is 1. The highest BCUT2D eigenvalue weighted by Crippen LogP contribution is 2.32. The van der Waals surface area contributed by atoms with Crippen molar-refractivity contribution in [3.63, 3.8) is 0 Å². The quantitative estimate of drug-likeness (QED) is 0.667. The molecule has 0 aromatic heterocycles. The number of aliphatic imine (C=N–C) groups is 1. The van der Waals surface area contributed by atoms with Gasteiger partial charge in [-0.25, -0.2) is 0 Å². The van der Waals surface area contributed by atoms with Crippen molar-refractivity contribution < 1.29 is 0 Å². The molecule has 1 aliphatic heterocycles. The van der Waals surface area contributed by atoms with Gasteiger partial charge in [-0.2, -0.15) is 0 Å². The maximum absolute atomic E-state index is 4.16. The minimum Gasteiger partial charge on any atom is -0.346 e. The molecule has 0 N–H and O–H groups in total. The van der Waals surface area contributed by atoms with E-state index in [1.165, 1.54) is 16.9 Å². The molecule has 2 rings (SSSR count). The third-order valence-corrected chi connectivity index (χ3v) is 2.57. The van der Waals surface area contributed by atoms with E-state index in [0.29, 0.717) is 0 Å². The van der Waals surface area contributed by atoms with Crippen LogP contribution in [0.5, 0.6) is 0 Å². The van der Waals surface area contributed by atoms with Crippen molar-refractivity contribution in [1.29, 1.82) is 0 Å². The minimum atomic E-state index is 0.959. The van der Waals surface area contributed by atoms with Crippen LogP contribution >= 0.6 is 0 Å². The Labute approximate surface area is 90.3 Å². The normalized spacial score (nSPS) is 17.4. The zero-order valence-corrected chi connectivity index (χ0v) is 8.85. The molecule has 0 bridgehead atoms. The van der Waals surface area contributed by atoms with E-state index in [9.17, 15) is 0 Å². The van der Waals surface area contributed by atoms with Gasteiger partial charge < -0.3 is 4.90 Å². The largest absolute Gasteiger partial charge is 0.346 e. The number of hydrogen-bond acceptors (Lipinski definition) is 2. The lowest BCUT2D eigenvalue weighted by molar-refractivity contribution is 1.08. The van der Waals surface area contributed by atoms with Crippen LogP contribution in [0.4, 0.5) is 5.69 Å². The summed E-state index contributed by atoms with van der Waals surface area (Å²) in [6.45, 7) is 3.59. The van der Waals surface area contributed by atoms with Gasteiger partial charge in [-0.1, -0.05) is 30.9 Å². The van der Waals surface area contributed by atoms with Crippen LogP contribution in [0, 0.1) is 0 Å². The summed E-state index contributed by atoms with van der Waals surface area (Å²) >= 11 is 0. The second kappa shape index (κ2) is 4.13. The van der Waals surface area contributed by atoms with E-state index >= 15 is 0 Å². The molecule has 1 aliphatic rings. The molecule has 0 saturated heterocycles. The van der Waals surface area contributed by atoms with E-state index in [4.69, 9.17) is 0 Å². The maximum Gasteiger partial charge on any atom is 0.0466 e. The second-order valence-corrected chi connectivity index (χ2v) is 3.52. The summed E-state index contributed by atoms with van der Waals surface area (Å²) in [5.74, 6) is 0. The van der Waals surface area contributed by atoms with Crippen molar-refractivity contribution in [2.45, 2.75) is 6.42 Å². The van der Waals surface area contributed by atoms with Gasteiger partial charge in [0.25, 0.3) is 0 Å². The molecule has 0 radical (unpaired) electrons. The second-order valence-electron chi connectivity index (χ2n) is 3.52. The molecule has 1 aromatic rings. The van der Waals surface area contributed by atoms with E-state index in [2.05, 4.69) is 47.8 Å². The smallest absolute Gasteiger partial charge is 0.0466 e. The van der Waals surface area contributed by atoms with Gasteiger partial charge in [0, 0.05) is 37.3 Å². The number of anilines is 1. The minimum absolute atomic E-state index is 0.959. The highest BCUT2D eigenvalue weighted by atomic mass is 15.1. The van der Waals surface area contributed by atoms with Crippen LogP contribution in [-0.4, -0.2) is 13.3 Å². The fourth-order valence-electron chi connectivity index (χ4n) is 1.78. The molecular weight excluding hydrogens is 184 g/mol. The lowest BCUT2D eigenvalue weighted by atomic mass is 10.1. The summed E-state index contributed by atoms with van der Waals surface area (Å²) in [6, 6.07) is 8.42. The van der Waals surface area contributed by atoms with Crippen molar-refractivity contribution >= 4 is 11.9 Å². The summed E-state index contributed by atoms with van der Waals surface area (Å²) < 4.78 is 0. The number of rotatable bonds is 2. The summed E-state index contributed by atoms with van der Waals surface area (Å²) in [5.41, 5.74) is 3.85. The number of allylic oxidation sites excluding steroid dienone is 2. The molecule has 0 amide bonds. The maximum atomic E-state index is 4.16. The molecule has 1 heterocycles. The average molecular weight is 198 g/mol. The van der Waals surface area contributed by atoms with Gasteiger partial charge in [-0.3, -0.25) is 4.99 Å². The summed E-state index contributed by atoms with van der Waals surface area (Å²) in [4.78, 5) is 6.33. The third-order valence-electron chi connectivity index (χ3n) is 2.57. The molecule has 76 valence electrons. The lowest BCUT2D eigenvalue weighted by Gasteiger charge is -2.13. The van der Waals surface area contributed by atoms with Crippen molar-refractivity contribution in [1.82, 2.24) is 0 Å². The fraction of sp³-hybridized carbons (Fsp3) is 0.154. The average Bonchev–Trinajstić information content (AvgIpc) is 2.57. The molecule has 0 aliphatic carbocycles. The Morgan fingerprint density at radius 1 is 1.40 bits per heavy atom. The molecule has 0 atom stereocenters. The first-order valence-electron chi connectivity index (χ1n) is 4.98. The fourth-order valence-corrected chi connectivity index (χ4v) is 1.78. The Bertz CT molecular complexity index is 430. The Hall–Kier alpha value is -1.83. The number of nitrogens with zero attached hydrogens (tertiary/aromatic N) is 2. The lowest BCUT2D eigenvalue weighted by Crippen LogP contribution is -2.10. The van der Waals surface area contributed by atoms with Crippen molar-refractivity contribution in [2.75, 3.05) is 11.9 Å². The zero-order chi connectivity index (χ0) is 10.7.